The lowest BCUT2D eigenvalue weighted by Gasteiger charge is -2.22. The van der Waals surface area contributed by atoms with E-state index in [0.717, 1.165) is 30.5 Å². The molecule has 1 aliphatic heterocycles. The van der Waals surface area contributed by atoms with Gasteiger partial charge < -0.3 is 9.80 Å². The van der Waals surface area contributed by atoms with Crippen molar-refractivity contribution in [2.75, 3.05) is 20.6 Å². The van der Waals surface area contributed by atoms with Crippen molar-refractivity contribution in [2.45, 2.75) is 42.6 Å². The zero-order chi connectivity index (χ0) is 23.2. The normalized spacial score (nSPS) is 15.2. The third kappa shape index (κ3) is 5.42. The Morgan fingerprint density at radius 2 is 1.91 bits per heavy atom. The number of thioether (sulfide) groups is 1. The molecule has 0 radical (unpaired) electrons. The summed E-state index contributed by atoms with van der Waals surface area (Å²) < 4.78 is 1.91. The predicted molar refractivity (Wildman–Crippen MR) is 127 cm³/mol. The molecule has 2 amide bonds. The molecule has 3 heterocycles. The van der Waals surface area contributed by atoms with E-state index in [0.29, 0.717) is 30.5 Å². The number of pyridine rings is 1. The number of amides is 2. The number of aromatic nitrogens is 4. The molecule has 1 aromatic carbocycles. The van der Waals surface area contributed by atoms with E-state index in [2.05, 4.69) is 15.2 Å². The van der Waals surface area contributed by atoms with E-state index in [-0.39, 0.29) is 11.8 Å². The SMILES string of the molecule is CN(C)C(=O)C(Sc1nnc(CN2CCCCCC2=O)n1-c1cccnc1)c1ccccc1. The number of carbonyl (C=O) groups excluding carboxylic acids is 2. The van der Waals surface area contributed by atoms with Gasteiger partial charge in [0.05, 0.1) is 18.4 Å². The standard InChI is InChI=1S/C24H28N6O2S/c1-28(2)23(32)22(18-10-5-3-6-11-18)33-24-27-26-20(30(24)19-12-9-14-25-16-19)17-29-15-8-4-7-13-21(29)31/h3,5-6,9-12,14,16,22H,4,7-8,13,15,17H2,1-2H3. The van der Waals surface area contributed by atoms with Crippen molar-refractivity contribution >= 4 is 23.6 Å². The Bertz CT molecular complexity index is 1090. The fourth-order valence-corrected chi connectivity index (χ4v) is 5.05. The van der Waals surface area contributed by atoms with Crippen LogP contribution in [0.4, 0.5) is 0 Å². The minimum absolute atomic E-state index is 0.0313. The quantitative estimate of drug-likeness (QED) is 0.498. The van der Waals surface area contributed by atoms with Crippen LogP contribution in [0.5, 0.6) is 0 Å². The van der Waals surface area contributed by atoms with Crippen LogP contribution in [0.3, 0.4) is 0 Å². The Balaban J connectivity index is 1.71. The molecule has 0 N–H and O–H groups in total. The molecule has 1 unspecified atom stereocenters. The summed E-state index contributed by atoms with van der Waals surface area (Å²) in [7, 11) is 3.50. The Morgan fingerprint density at radius 1 is 1.09 bits per heavy atom. The fraction of sp³-hybridized carbons (Fsp3) is 0.375. The summed E-state index contributed by atoms with van der Waals surface area (Å²) in [5.41, 5.74) is 1.69. The third-order valence-electron chi connectivity index (χ3n) is 5.60. The summed E-state index contributed by atoms with van der Waals surface area (Å²) in [6.45, 7) is 1.09. The largest absolute Gasteiger partial charge is 0.348 e. The number of rotatable bonds is 7. The third-order valence-corrected chi connectivity index (χ3v) is 6.78. The second-order valence-electron chi connectivity index (χ2n) is 8.21. The molecule has 33 heavy (non-hydrogen) atoms. The molecule has 0 saturated carbocycles. The number of hydrogen-bond acceptors (Lipinski definition) is 6. The Morgan fingerprint density at radius 3 is 2.64 bits per heavy atom. The molecule has 4 rings (SSSR count). The van der Waals surface area contributed by atoms with Crippen LogP contribution in [-0.4, -0.2) is 62.0 Å². The molecule has 0 bridgehead atoms. The molecule has 9 heteroatoms. The fourth-order valence-electron chi connectivity index (χ4n) is 3.83. The van der Waals surface area contributed by atoms with Crippen molar-refractivity contribution in [3.8, 4) is 5.69 Å². The lowest BCUT2D eigenvalue weighted by molar-refractivity contribution is -0.131. The number of benzene rings is 1. The number of likely N-dealkylation sites (tertiary alicyclic amines) is 1. The summed E-state index contributed by atoms with van der Waals surface area (Å²) in [6, 6.07) is 13.5. The lowest BCUT2D eigenvalue weighted by Crippen LogP contribution is -2.31. The van der Waals surface area contributed by atoms with Gasteiger partial charge in [0.2, 0.25) is 11.8 Å². The molecule has 0 aliphatic carbocycles. The summed E-state index contributed by atoms with van der Waals surface area (Å²) in [5, 5.41) is 9.01. The van der Waals surface area contributed by atoms with Crippen molar-refractivity contribution in [3.05, 3.63) is 66.2 Å². The minimum atomic E-state index is -0.478. The van der Waals surface area contributed by atoms with Gasteiger partial charge in [0.15, 0.2) is 11.0 Å². The molecule has 0 spiro atoms. The summed E-state index contributed by atoms with van der Waals surface area (Å²) in [6.07, 6.45) is 6.99. The zero-order valence-corrected chi connectivity index (χ0v) is 19.7. The van der Waals surface area contributed by atoms with Gasteiger partial charge in [-0.1, -0.05) is 48.5 Å². The zero-order valence-electron chi connectivity index (χ0n) is 18.9. The van der Waals surface area contributed by atoms with Crippen LogP contribution in [0.2, 0.25) is 0 Å². The summed E-state index contributed by atoms with van der Waals surface area (Å²) in [5.74, 6) is 0.772. The van der Waals surface area contributed by atoms with E-state index in [9.17, 15) is 9.59 Å². The van der Waals surface area contributed by atoms with Crippen LogP contribution >= 0.6 is 11.8 Å². The monoisotopic (exact) mass is 464 g/mol. The second kappa shape index (κ2) is 10.6. The van der Waals surface area contributed by atoms with E-state index in [1.165, 1.54) is 11.8 Å². The Hall–Kier alpha value is -3.20. The first-order valence-electron chi connectivity index (χ1n) is 11.1. The Labute approximate surface area is 198 Å². The van der Waals surface area contributed by atoms with E-state index < -0.39 is 5.25 Å². The highest BCUT2D eigenvalue weighted by molar-refractivity contribution is 8.00. The number of likely N-dealkylation sites (N-methyl/N-ethyl adjacent to an activating group) is 1. The second-order valence-corrected chi connectivity index (χ2v) is 9.28. The highest BCUT2D eigenvalue weighted by atomic mass is 32.2. The van der Waals surface area contributed by atoms with Gasteiger partial charge in [0.1, 0.15) is 5.25 Å². The Kier molecular flexibility index (Phi) is 7.39. The lowest BCUT2D eigenvalue weighted by atomic mass is 10.1. The van der Waals surface area contributed by atoms with Crippen molar-refractivity contribution in [2.24, 2.45) is 0 Å². The van der Waals surface area contributed by atoms with Crippen molar-refractivity contribution in [1.29, 1.82) is 0 Å². The summed E-state index contributed by atoms with van der Waals surface area (Å²) in [4.78, 5) is 33.4. The molecule has 3 aromatic rings. The molecule has 1 saturated heterocycles. The highest BCUT2D eigenvalue weighted by Crippen LogP contribution is 2.37. The molecule has 1 aliphatic rings. The van der Waals surface area contributed by atoms with Crippen molar-refractivity contribution in [1.82, 2.24) is 29.5 Å². The average Bonchev–Trinajstić information content (AvgIpc) is 3.12. The van der Waals surface area contributed by atoms with Crippen LogP contribution in [0.15, 0.2) is 60.0 Å². The van der Waals surface area contributed by atoms with Crippen LogP contribution in [-0.2, 0) is 16.1 Å². The molecule has 1 fully saturated rings. The maximum Gasteiger partial charge on any atom is 0.240 e. The van der Waals surface area contributed by atoms with E-state index >= 15 is 0 Å². The molecule has 172 valence electrons. The van der Waals surface area contributed by atoms with Crippen LogP contribution in [0, 0.1) is 0 Å². The number of nitrogens with zero attached hydrogens (tertiary/aromatic N) is 6. The first-order valence-corrected chi connectivity index (χ1v) is 12.0. The topological polar surface area (TPSA) is 84.2 Å². The van der Waals surface area contributed by atoms with E-state index in [1.807, 2.05) is 51.9 Å². The van der Waals surface area contributed by atoms with Gasteiger partial charge >= 0.3 is 0 Å². The maximum absolute atomic E-state index is 13.1. The molecule has 1 atom stereocenters. The van der Waals surface area contributed by atoms with Crippen molar-refractivity contribution in [3.63, 3.8) is 0 Å². The van der Waals surface area contributed by atoms with Gasteiger partial charge in [-0.3, -0.25) is 19.1 Å². The maximum atomic E-state index is 13.1. The van der Waals surface area contributed by atoms with Crippen LogP contribution < -0.4 is 0 Å². The predicted octanol–water partition coefficient (Wildman–Crippen LogP) is 3.49. The van der Waals surface area contributed by atoms with Gasteiger partial charge in [0.25, 0.3) is 0 Å². The van der Waals surface area contributed by atoms with Crippen LogP contribution in [0.1, 0.15) is 42.3 Å². The van der Waals surface area contributed by atoms with Gasteiger partial charge in [-0.2, -0.15) is 0 Å². The van der Waals surface area contributed by atoms with Crippen molar-refractivity contribution < 1.29 is 9.59 Å². The van der Waals surface area contributed by atoms with E-state index in [4.69, 9.17) is 0 Å². The van der Waals surface area contributed by atoms with Gasteiger partial charge in [-0.15, -0.1) is 10.2 Å². The van der Waals surface area contributed by atoms with Gasteiger partial charge in [-0.05, 0) is 30.5 Å². The van der Waals surface area contributed by atoms with Gasteiger partial charge in [0, 0.05) is 33.3 Å². The van der Waals surface area contributed by atoms with Crippen LogP contribution in [0.25, 0.3) is 5.69 Å². The molecular formula is C24H28N6O2S. The van der Waals surface area contributed by atoms with Gasteiger partial charge in [-0.25, -0.2) is 0 Å². The molecule has 2 aromatic heterocycles. The molecular weight excluding hydrogens is 436 g/mol. The summed E-state index contributed by atoms with van der Waals surface area (Å²) >= 11 is 1.35. The number of hydrogen-bond donors (Lipinski definition) is 0. The highest BCUT2D eigenvalue weighted by Gasteiger charge is 2.28. The van der Waals surface area contributed by atoms with E-state index in [1.54, 1.807) is 31.4 Å². The average molecular weight is 465 g/mol. The molecule has 8 nitrogen and oxygen atoms in total. The smallest absolute Gasteiger partial charge is 0.240 e. The minimum Gasteiger partial charge on any atom is -0.348 e. The number of carbonyl (C=O) groups is 2. The first-order chi connectivity index (χ1) is 16.0. The first kappa shape index (κ1) is 23.0.